The molecule has 0 aliphatic rings. The number of carbonyl (C=O) groups excluding carboxylic acids is 2. The molecule has 4 N–H and O–H groups in total. The number of allylic oxidation sites excluding steroid dienone is 1. The van der Waals surface area contributed by atoms with Crippen LogP contribution in [0, 0.1) is 19.3 Å². The molecule has 0 radical (unpaired) electrons. The van der Waals surface area contributed by atoms with Gasteiger partial charge >= 0.3 is 12.2 Å². The van der Waals surface area contributed by atoms with Crippen molar-refractivity contribution in [3.05, 3.63) is 78.4 Å². The van der Waals surface area contributed by atoms with E-state index < -0.39 is 17.8 Å². The molecule has 0 fully saturated rings. The van der Waals surface area contributed by atoms with Gasteiger partial charge in [0, 0.05) is 23.8 Å². The van der Waals surface area contributed by atoms with E-state index in [1.54, 1.807) is 57.8 Å². The molecule has 2 amide bonds. The first-order chi connectivity index (χ1) is 20.5. The number of nitrogens with zero attached hydrogens (tertiary/aromatic N) is 3. The quantitative estimate of drug-likeness (QED) is 0.160. The van der Waals surface area contributed by atoms with Gasteiger partial charge in [0.15, 0.2) is 0 Å². The number of alkyl halides is 3. The smallest absolute Gasteiger partial charge is 0.416 e. The Morgan fingerprint density at radius 2 is 1.79 bits per heavy atom. The first kappa shape index (κ1) is 40.2. The van der Waals surface area contributed by atoms with Crippen molar-refractivity contribution in [1.82, 2.24) is 9.55 Å². The zero-order valence-corrected chi connectivity index (χ0v) is 25.6. The Balaban J connectivity index is 0. The summed E-state index contributed by atoms with van der Waals surface area (Å²) >= 11 is 0. The maximum atomic E-state index is 12.9. The number of hydrogen-bond donors (Lipinski definition) is 3. The molecule has 234 valence electrons. The standard InChI is InChI=1S/C19H17F3N4O2.C5H6.C4H7NO.C2H6.CH5N/c1-12-9-14(26-8-7-23-11-26)4-5-15(12)24-18(27)25-16-10-13(19(20,21)22)3-6-17(16)28-2;1-4-5(2)3;1-2-5-3-4-6;2*1-2/h3-11H,1-2H3,(H2,24,25,27);1H,2H2,3H3;2,4H,3H2,1H3;1-2H3;2H2,1H3. The summed E-state index contributed by atoms with van der Waals surface area (Å²) in [7, 11) is 2.81. The Labute approximate surface area is 252 Å². The number of imidazole rings is 1. The van der Waals surface area contributed by atoms with E-state index in [-0.39, 0.29) is 11.4 Å². The Morgan fingerprint density at radius 3 is 2.21 bits per heavy atom. The number of benzene rings is 2. The van der Waals surface area contributed by atoms with Gasteiger partial charge in [0.05, 0.1) is 31.2 Å². The van der Waals surface area contributed by atoms with E-state index in [2.05, 4.69) is 38.8 Å². The number of aldehydes is 1. The maximum absolute atomic E-state index is 12.9. The predicted octanol–water partition coefficient (Wildman–Crippen LogP) is 6.92. The van der Waals surface area contributed by atoms with E-state index >= 15 is 0 Å². The number of nitrogens with two attached hydrogens (primary N) is 1. The lowest BCUT2D eigenvalue weighted by Crippen LogP contribution is -2.21. The minimum absolute atomic E-state index is 0.0810. The number of methoxy groups -OCH3 is 1. The van der Waals surface area contributed by atoms with Crippen LogP contribution in [-0.2, 0) is 11.0 Å². The normalized spacial score (nSPS) is 9.53. The molecule has 0 aliphatic heterocycles. The van der Waals surface area contributed by atoms with Gasteiger partial charge < -0.3 is 30.5 Å². The number of urea groups is 1. The molecule has 0 spiro atoms. The minimum Gasteiger partial charge on any atom is -0.495 e. The van der Waals surface area contributed by atoms with E-state index in [1.807, 2.05) is 24.5 Å². The third-order valence-corrected chi connectivity index (χ3v) is 4.64. The fourth-order valence-corrected chi connectivity index (χ4v) is 2.77. The number of aliphatic imine (C=N–C) groups is 1. The minimum atomic E-state index is -4.53. The van der Waals surface area contributed by atoms with E-state index in [9.17, 15) is 22.8 Å². The summed E-state index contributed by atoms with van der Waals surface area (Å²) in [5.74, 6) is 2.45. The number of ether oxygens (including phenoxy) is 1. The molecule has 2 aromatic carbocycles. The zero-order valence-electron chi connectivity index (χ0n) is 25.6. The second kappa shape index (κ2) is 22.8. The van der Waals surface area contributed by atoms with Crippen molar-refractivity contribution in [3.63, 3.8) is 0 Å². The Hall–Kier alpha value is -4.89. The van der Waals surface area contributed by atoms with Crippen LogP contribution in [0.2, 0.25) is 0 Å². The van der Waals surface area contributed by atoms with Gasteiger partial charge in [-0.25, -0.2) is 9.78 Å². The first-order valence-electron chi connectivity index (χ1n) is 13.0. The van der Waals surface area contributed by atoms with Gasteiger partial charge in [0.1, 0.15) is 12.0 Å². The largest absolute Gasteiger partial charge is 0.495 e. The third-order valence-electron chi connectivity index (χ3n) is 4.64. The summed E-state index contributed by atoms with van der Waals surface area (Å²) in [4.78, 5) is 29.3. The van der Waals surface area contributed by atoms with Crippen molar-refractivity contribution >= 4 is 29.9 Å². The molecule has 1 aromatic heterocycles. The van der Waals surface area contributed by atoms with Gasteiger partial charge in [0.25, 0.3) is 0 Å². The van der Waals surface area contributed by atoms with Crippen LogP contribution in [0.15, 0.2) is 72.3 Å². The maximum Gasteiger partial charge on any atom is 0.416 e. The van der Waals surface area contributed by atoms with Crippen molar-refractivity contribution in [1.29, 1.82) is 0 Å². The van der Waals surface area contributed by atoms with Crippen LogP contribution in [0.5, 0.6) is 5.75 Å². The fourth-order valence-electron chi connectivity index (χ4n) is 2.77. The number of aryl methyl sites for hydroxylation is 1. The molecule has 3 aromatic rings. The average Bonchev–Trinajstić information content (AvgIpc) is 3.54. The molecular formula is C31H41F3N6O3. The number of rotatable bonds is 6. The number of nitrogens with one attached hydrogen (secondary N) is 2. The number of amides is 2. The number of halogens is 3. The average molecular weight is 603 g/mol. The molecule has 0 aliphatic carbocycles. The predicted molar refractivity (Wildman–Crippen MR) is 169 cm³/mol. The lowest BCUT2D eigenvalue weighted by molar-refractivity contribution is -0.137. The van der Waals surface area contributed by atoms with Crippen LogP contribution in [0.4, 0.5) is 29.3 Å². The molecule has 0 unspecified atom stereocenters. The van der Waals surface area contributed by atoms with Crippen LogP contribution in [0.1, 0.15) is 38.8 Å². The topological polar surface area (TPSA) is 124 Å². The molecule has 12 heteroatoms. The molecule has 3 rings (SSSR count). The highest BCUT2D eigenvalue weighted by Crippen LogP contribution is 2.35. The van der Waals surface area contributed by atoms with Crippen molar-refractivity contribution in [2.24, 2.45) is 10.7 Å². The highest BCUT2D eigenvalue weighted by molar-refractivity contribution is 6.01. The molecule has 1 heterocycles. The Bertz CT molecular complexity index is 1320. The van der Waals surface area contributed by atoms with Gasteiger partial charge in [-0.2, -0.15) is 13.2 Å². The van der Waals surface area contributed by atoms with Crippen molar-refractivity contribution in [2.45, 2.75) is 40.8 Å². The highest BCUT2D eigenvalue weighted by Gasteiger charge is 2.31. The summed E-state index contributed by atoms with van der Waals surface area (Å²) in [6.45, 7) is 13.1. The van der Waals surface area contributed by atoms with Crippen LogP contribution < -0.4 is 21.1 Å². The number of carbonyl (C=O) groups is 2. The van der Waals surface area contributed by atoms with Gasteiger partial charge in [-0.3, -0.25) is 4.99 Å². The number of aromatic nitrogens is 2. The van der Waals surface area contributed by atoms with Crippen LogP contribution in [0.3, 0.4) is 0 Å². The summed E-state index contributed by atoms with van der Waals surface area (Å²) in [5, 5.41) is 5.03. The summed E-state index contributed by atoms with van der Waals surface area (Å²) in [6, 6.07) is 7.53. The Kier molecular flexibility index (Phi) is 21.3. The summed E-state index contributed by atoms with van der Waals surface area (Å²) < 4.78 is 45.6. The van der Waals surface area contributed by atoms with E-state index in [1.165, 1.54) is 14.2 Å². The Morgan fingerprint density at radius 1 is 1.19 bits per heavy atom. The van der Waals surface area contributed by atoms with Gasteiger partial charge in [-0.05, 0) is 81.6 Å². The lowest BCUT2D eigenvalue weighted by atomic mass is 10.1. The molecule has 0 bridgehead atoms. The van der Waals surface area contributed by atoms with E-state index in [0.717, 1.165) is 41.3 Å². The molecule has 0 atom stereocenters. The van der Waals surface area contributed by atoms with Crippen LogP contribution in [0.25, 0.3) is 5.69 Å². The van der Waals surface area contributed by atoms with Gasteiger partial charge in [-0.1, -0.05) is 26.3 Å². The van der Waals surface area contributed by atoms with Crippen molar-refractivity contribution < 1.29 is 27.5 Å². The van der Waals surface area contributed by atoms with Crippen molar-refractivity contribution in [3.8, 4) is 23.8 Å². The summed E-state index contributed by atoms with van der Waals surface area (Å²) in [5.41, 5.74) is 6.47. The molecular weight excluding hydrogens is 561 g/mol. The SMILES string of the molecule is C#CC(=C)C.CC.CC=NCC=O.CN.COc1ccc(C(F)(F)F)cc1NC(=O)Nc1ccc(-n2ccnc2)cc1C. The van der Waals surface area contributed by atoms with Crippen LogP contribution >= 0.6 is 0 Å². The highest BCUT2D eigenvalue weighted by atomic mass is 19.4. The van der Waals surface area contributed by atoms with E-state index in [4.69, 9.17) is 11.2 Å². The molecule has 9 nitrogen and oxygen atoms in total. The molecule has 43 heavy (non-hydrogen) atoms. The second-order valence-corrected chi connectivity index (χ2v) is 7.68. The van der Waals surface area contributed by atoms with Crippen molar-refractivity contribution in [2.75, 3.05) is 31.3 Å². The van der Waals surface area contributed by atoms with Gasteiger partial charge in [-0.15, -0.1) is 6.42 Å². The molecule has 0 saturated carbocycles. The fraction of sp³-hybridized carbons (Fsp3) is 0.290. The van der Waals surface area contributed by atoms with Crippen LogP contribution in [-0.4, -0.2) is 48.8 Å². The lowest BCUT2D eigenvalue weighted by Gasteiger charge is -2.15. The summed E-state index contributed by atoms with van der Waals surface area (Å²) in [6.07, 6.45) is 7.75. The monoisotopic (exact) mass is 602 g/mol. The van der Waals surface area contributed by atoms with Gasteiger partial charge in [0.2, 0.25) is 0 Å². The molecule has 0 saturated heterocycles. The second-order valence-electron chi connectivity index (χ2n) is 7.68. The number of anilines is 2. The number of terminal acetylenes is 1. The number of hydrogen-bond acceptors (Lipinski definition) is 6. The first-order valence-corrected chi connectivity index (χ1v) is 13.0. The zero-order chi connectivity index (χ0) is 33.4. The third kappa shape index (κ3) is 16.2. The van der Waals surface area contributed by atoms with E-state index in [0.29, 0.717) is 12.2 Å².